The van der Waals surface area contributed by atoms with Crippen LogP contribution in [-0.4, -0.2) is 45.8 Å². The van der Waals surface area contributed by atoms with Crippen LogP contribution in [0.25, 0.3) is 11.3 Å². The third-order valence-electron chi connectivity index (χ3n) is 5.64. The Balaban J connectivity index is 1.60. The van der Waals surface area contributed by atoms with Crippen molar-refractivity contribution in [2.75, 3.05) is 23.4 Å². The van der Waals surface area contributed by atoms with E-state index < -0.39 is 0 Å². The number of aryl methyl sites for hydroxylation is 2. The van der Waals surface area contributed by atoms with Crippen molar-refractivity contribution in [3.8, 4) is 17.1 Å². The molecule has 164 valence electrons. The van der Waals surface area contributed by atoms with E-state index >= 15 is 0 Å². The van der Waals surface area contributed by atoms with Gasteiger partial charge in [-0.25, -0.2) is 4.68 Å². The Morgan fingerprint density at radius 3 is 2.97 bits per heavy atom. The molecule has 2 bridgehead atoms. The van der Waals surface area contributed by atoms with Crippen molar-refractivity contribution in [2.45, 2.75) is 25.8 Å². The predicted molar refractivity (Wildman–Crippen MR) is 123 cm³/mol. The lowest BCUT2D eigenvalue weighted by molar-refractivity contribution is 0.100. The van der Waals surface area contributed by atoms with Gasteiger partial charge in [-0.15, -0.1) is 0 Å². The Morgan fingerprint density at radius 1 is 1.25 bits per heavy atom. The van der Waals surface area contributed by atoms with Gasteiger partial charge in [-0.2, -0.15) is 10.1 Å². The van der Waals surface area contributed by atoms with Crippen LogP contribution >= 0.6 is 0 Å². The van der Waals surface area contributed by atoms with Crippen molar-refractivity contribution in [3.05, 3.63) is 53.9 Å². The number of guanidine groups is 1. The number of carbonyl (C=O) groups is 1. The summed E-state index contributed by atoms with van der Waals surface area (Å²) < 4.78 is 7.73. The van der Waals surface area contributed by atoms with E-state index in [2.05, 4.69) is 20.4 Å². The largest absolute Gasteiger partial charge is 0.477 e. The number of carbonyl (C=O) groups excluding carboxylic acids is 1. The molecule has 0 spiro atoms. The highest BCUT2D eigenvalue weighted by molar-refractivity contribution is 6.19. The molecular formula is C23H25N7O2. The van der Waals surface area contributed by atoms with Crippen molar-refractivity contribution in [1.29, 1.82) is 0 Å². The van der Waals surface area contributed by atoms with Gasteiger partial charge in [0.1, 0.15) is 0 Å². The highest BCUT2D eigenvalue weighted by atomic mass is 16.5. The molecule has 3 aromatic rings. The lowest BCUT2D eigenvalue weighted by Crippen LogP contribution is -2.41. The molecule has 1 unspecified atom stereocenters. The minimum absolute atomic E-state index is 0.118. The number of aromatic nitrogens is 3. The normalized spacial score (nSPS) is 20.0. The molecule has 1 amide bonds. The third-order valence-corrected chi connectivity index (χ3v) is 5.64. The summed E-state index contributed by atoms with van der Waals surface area (Å²) in [5, 5.41) is 7.59. The van der Waals surface area contributed by atoms with E-state index in [9.17, 15) is 4.79 Å². The minimum atomic E-state index is -0.355. The number of ether oxygens (including phenoxy) is 1. The summed E-state index contributed by atoms with van der Waals surface area (Å²) in [6, 6.07) is 11.2. The molecule has 1 atom stereocenters. The molecule has 1 aromatic carbocycles. The highest BCUT2D eigenvalue weighted by Gasteiger charge is 2.28. The number of fused-ring (bicyclic) bond motifs is 7. The molecule has 2 aliphatic heterocycles. The summed E-state index contributed by atoms with van der Waals surface area (Å²) in [6.45, 7) is 2.90. The van der Waals surface area contributed by atoms with Gasteiger partial charge >= 0.3 is 0 Å². The van der Waals surface area contributed by atoms with Crippen LogP contribution in [-0.2, 0) is 7.05 Å². The van der Waals surface area contributed by atoms with Crippen LogP contribution < -0.4 is 20.7 Å². The molecule has 0 radical (unpaired) electrons. The third kappa shape index (κ3) is 3.71. The number of benzene rings is 1. The Labute approximate surface area is 185 Å². The zero-order valence-corrected chi connectivity index (χ0v) is 18.1. The van der Waals surface area contributed by atoms with E-state index in [1.165, 1.54) is 0 Å². The van der Waals surface area contributed by atoms with Crippen molar-refractivity contribution >= 4 is 23.2 Å². The molecule has 2 aliphatic rings. The molecule has 9 nitrogen and oxygen atoms in total. The first kappa shape index (κ1) is 20.2. The highest BCUT2D eigenvalue weighted by Crippen LogP contribution is 2.33. The number of hydrogen-bond donors (Lipinski definition) is 2. The predicted octanol–water partition coefficient (Wildman–Crippen LogP) is 2.72. The molecule has 0 saturated carbocycles. The Hall–Kier alpha value is -3.72. The van der Waals surface area contributed by atoms with E-state index in [1.54, 1.807) is 23.0 Å². The van der Waals surface area contributed by atoms with Gasteiger partial charge in [-0.1, -0.05) is 12.1 Å². The minimum Gasteiger partial charge on any atom is -0.477 e. The molecule has 0 fully saturated rings. The average molecular weight is 432 g/mol. The first-order valence-corrected chi connectivity index (χ1v) is 10.7. The van der Waals surface area contributed by atoms with Crippen LogP contribution in [0.15, 0.2) is 47.6 Å². The fourth-order valence-electron chi connectivity index (χ4n) is 4.09. The zero-order valence-electron chi connectivity index (χ0n) is 18.1. The number of nitrogens with one attached hydrogen (secondary N) is 1. The molecule has 9 heteroatoms. The Kier molecular flexibility index (Phi) is 5.10. The van der Waals surface area contributed by atoms with Gasteiger partial charge in [0, 0.05) is 30.9 Å². The first-order valence-electron chi connectivity index (χ1n) is 10.7. The summed E-state index contributed by atoms with van der Waals surface area (Å²) in [5.74, 6) is 0.746. The maximum atomic E-state index is 13.2. The first-order chi connectivity index (χ1) is 15.5. The number of nitrogens with two attached hydrogens (primary N) is 1. The molecule has 3 N–H and O–H groups in total. The number of anilines is 2. The van der Waals surface area contributed by atoms with Crippen molar-refractivity contribution in [1.82, 2.24) is 14.8 Å². The van der Waals surface area contributed by atoms with Crippen LogP contribution in [0.4, 0.5) is 11.4 Å². The fourth-order valence-corrected chi connectivity index (χ4v) is 4.09. The van der Waals surface area contributed by atoms with Gasteiger partial charge in [0.2, 0.25) is 11.8 Å². The lowest BCUT2D eigenvalue weighted by atomic mass is 10.1. The summed E-state index contributed by atoms with van der Waals surface area (Å²) >= 11 is 0. The average Bonchev–Trinajstić information content (AvgIpc) is 3.30. The SMILES string of the molecule is Cc1cc2cc(n1)-c1cnn(C)c1OCCCC(N)CN1/C(=N/C2=O)Nc2ccccc21. The Morgan fingerprint density at radius 2 is 2.09 bits per heavy atom. The van der Waals surface area contributed by atoms with Gasteiger partial charge in [-0.05, 0) is 44.0 Å². The summed E-state index contributed by atoms with van der Waals surface area (Å²) in [7, 11) is 1.82. The van der Waals surface area contributed by atoms with Gasteiger partial charge in [-0.3, -0.25) is 9.78 Å². The molecule has 32 heavy (non-hydrogen) atoms. The van der Waals surface area contributed by atoms with Crippen molar-refractivity contribution < 1.29 is 9.53 Å². The van der Waals surface area contributed by atoms with Crippen molar-refractivity contribution in [2.24, 2.45) is 17.8 Å². The van der Waals surface area contributed by atoms with Gasteiger partial charge in [0.15, 0.2) is 0 Å². The number of aliphatic imine (C=N–C) groups is 1. The van der Waals surface area contributed by atoms with E-state index in [1.807, 2.05) is 43.1 Å². The lowest BCUT2D eigenvalue weighted by Gasteiger charge is -2.23. The molecule has 2 aromatic heterocycles. The molecular weight excluding hydrogens is 406 g/mol. The van der Waals surface area contributed by atoms with Crippen molar-refractivity contribution in [3.63, 3.8) is 0 Å². The van der Waals surface area contributed by atoms with E-state index in [0.29, 0.717) is 41.9 Å². The number of amides is 1. The summed E-state index contributed by atoms with van der Waals surface area (Å²) in [6.07, 6.45) is 3.25. The van der Waals surface area contributed by atoms with Crippen LogP contribution in [0.1, 0.15) is 28.9 Å². The second kappa shape index (κ2) is 8.08. The summed E-state index contributed by atoms with van der Waals surface area (Å²) in [5.41, 5.74) is 10.8. The Bertz CT molecular complexity index is 1220. The number of hydrogen-bond acceptors (Lipinski definition) is 7. The van der Waals surface area contributed by atoms with Gasteiger partial charge in [0.05, 0.1) is 35.4 Å². The van der Waals surface area contributed by atoms with Gasteiger partial charge < -0.3 is 20.7 Å². The summed E-state index contributed by atoms with van der Waals surface area (Å²) in [4.78, 5) is 24.2. The fraction of sp³-hybridized carbons (Fsp3) is 0.304. The second-order valence-electron chi connectivity index (χ2n) is 8.11. The number of nitrogens with zero attached hydrogens (tertiary/aromatic N) is 5. The van der Waals surface area contributed by atoms with E-state index in [0.717, 1.165) is 29.8 Å². The maximum absolute atomic E-state index is 13.2. The molecule has 0 saturated heterocycles. The van der Waals surface area contributed by atoms with Crippen LogP contribution in [0.2, 0.25) is 0 Å². The molecule has 4 heterocycles. The quantitative estimate of drug-likeness (QED) is 0.563. The standard InChI is InChI=1S/C23H25N7O2/c1-14-10-15-11-19(26-14)17-12-25-29(2)22(17)32-9-5-6-16(24)13-30-20-8-4-3-7-18(20)27-23(30)28-21(15)31/h3-4,7-8,10-12,16H,5-6,9,13,24H2,1-2H3,(H,27,28,31). The van der Waals surface area contributed by atoms with E-state index in [4.69, 9.17) is 10.5 Å². The van der Waals surface area contributed by atoms with Crippen LogP contribution in [0, 0.1) is 6.92 Å². The number of para-hydroxylation sites is 2. The second-order valence-corrected chi connectivity index (χ2v) is 8.11. The molecule has 0 aliphatic carbocycles. The monoisotopic (exact) mass is 431 g/mol. The topological polar surface area (TPSA) is 111 Å². The number of rotatable bonds is 0. The van der Waals surface area contributed by atoms with Crippen LogP contribution in [0.3, 0.4) is 0 Å². The number of pyridine rings is 1. The van der Waals surface area contributed by atoms with Gasteiger partial charge in [0.25, 0.3) is 5.91 Å². The maximum Gasteiger partial charge on any atom is 0.280 e. The zero-order chi connectivity index (χ0) is 22.2. The smallest absolute Gasteiger partial charge is 0.280 e. The van der Waals surface area contributed by atoms with Crippen LogP contribution in [0.5, 0.6) is 5.88 Å². The molecule has 5 rings (SSSR count). The van der Waals surface area contributed by atoms with E-state index in [-0.39, 0.29) is 11.9 Å².